The number of nitrogens with zero attached hydrogens (tertiary/aromatic N) is 4. The van der Waals surface area contributed by atoms with Gasteiger partial charge in [-0.15, -0.1) is 0 Å². The molecule has 0 radical (unpaired) electrons. The topological polar surface area (TPSA) is 67.8 Å². The first kappa shape index (κ1) is 21.0. The molecule has 0 bridgehead atoms. The number of hydrogen-bond acceptors (Lipinski definition) is 7. The Bertz CT molecular complexity index is 1030. The highest BCUT2D eigenvalue weighted by Crippen LogP contribution is 2.25. The van der Waals surface area contributed by atoms with Crippen LogP contribution >= 0.6 is 11.5 Å². The minimum Gasteiger partial charge on any atom is -0.497 e. The van der Waals surface area contributed by atoms with Gasteiger partial charge in [-0.2, -0.15) is 4.37 Å². The molecule has 9 heteroatoms. The summed E-state index contributed by atoms with van der Waals surface area (Å²) in [5.41, 5.74) is 1.51. The highest BCUT2D eigenvalue weighted by Gasteiger charge is 2.25. The number of benzene rings is 2. The van der Waals surface area contributed by atoms with Crippen LogP contribution in [0, 0.1) is 5.82 Å². The Morgan fingerprint density at radius 1 is 1.03 bits per heavy atom. The highest BCUT2D eigenvalue weighted by atomic mass is 32.1. The predicted molar refractivity (Wildman–Crippen MR) is 117 cm³/mol. The monoisotopic (exact) mass is 442 g/mol. The van der Waals surface area contributed by atoms with E-state index in [0.717, 1.165) is 10.7 Å². The summed E-state index contributed by atoms with van der Waals surface area (Å²) in [6.45, 7) is 2.53. The number of aromatic nitrogens is 2. The van der Waals surface area contributed by atoms with Gasteiger partial charge in [0, 0.05) is 55.8 Å². The smallest absolute Gasteiger partial charge is 0.254 e. The first-order chi connectivity index (χ1) is 15.1. The summed E-state index contributed by atoms with van der Waals surface area (Å²) in [5.74, 6) is 1.59. The second kappa shape index (κ2) is 9.30. The zero-order valence-electron chi connectivity index (χ0n) is 17.4. The molecule has 1 aliphatic heterocycles. The molecule has 7 nitrogen and oxygen atoms in total. The van der Waals surface area contributed by atoms with E-state index in [1.165, 1.54) is 23.7 Å². The van der Waals surface area contributed by atoms with E-state index in [-0.39, 0.29) is 11.7 Å². The first-order valence-corrected chi connectivity index (χ1v) is 10.7. The second-order valence-corrected chi connectivity index (χ2v) is 7.91. The van der Waals surface area contributed by atoms with Crippen LogP contribution in [-0.2, 0) is 6.42 Å². The molecule has 0 unspecified atom stereocenters. The molecule has 0 atom stereocenters. The maximum Gasteiger partial charge on any atom is 0.254 e. The van der Waals surface area contributed by atoms with Crippen LogP contribution in [-0.4, -0.2) is 60.6 Å². The van der Waals surface area contributed by atoms with Gasteiger partial charge in [0.1, 0.15) is 23.1 Å². The SMILES string of the molecule is COc1cc(OC)cc(C(=O)N2CCN(c3nc(Cc4ccc(F)cc4)ns3)CC2)c1. The van der Waals surface area contributed by atoms with Gasteiger partial charge in [0.15, 0.2) is 0 Å². The van der Waals surface area contributed by atoms with Crippen LogP contribution < -0.4 is 14.4 Å². The molecule has 1 aromatic heterocycles. The lowest BCUT2D eigenvalue weighted by Gasteiger charge is -2.34. The molecular formula is C22H23FN4O3S. The Kier molecular flexibility index (Phi) is 6.31. The van der Waals surface area contributed by atoms with Crippen molar-refractivity contribution in [1.82, 2.24) is 14.3 Å². The molecule has 1 saturated heterocycles. The maximum atomic E-state index is 13.1. The Morgan fingerprint density at radius 3 is 2.29 bits per heavy atom. The van der Waals surface area contributed by atoms with Crippen LogP contribution in [0.5, 0.6) is 11.5 Å². The van der Waals surface area contributed by atoms with Gasteiger partial charge in [0.2, 0.25) is 5.13 Å². The summed E-state index contributed by atoms with van der Waals surface area (Å²) in [5, 5.41) is 0.840. The molecule has 0 saturated carbocycles. The molecule has 1 aliphatic rings. The minimum absolute atomic E-state index is 0.0499. The molecule has 2 aromatic carbocycles. The molecule has 162 valence electrons. The van der Waals surface area contributed by atoms with E-state index >= 15 is 0 Å². The fourth-order valence-corrected chi connectivity index (χ4v) is 4.18. The van der Waals surface area contributed by atoms with Crippen molar-refractivity contribution in [3.63, 3.8) is 0 Å². The van der Waals surface area contributed by atoms with Crippen LogP contribution in [0.25, 0.3) is 0 Å². The van der Waals surface area contributed by atoms with Crippen molar-refractivity contribution in [2.75, 3.05) is 45.3 Å². The number of ether oxygens (including phenoxy) is 2. The summed E-state index contributed by atoms with van der Waals surface area (Å²) < 4.78 is 28.0. The Morgan fingerprint density at radius 2 is 1.68 bits per heavy atom. The van der Waals surface area contributed by atoms with Gasteiger partial charge in [-0.1, -0.05) is 12.1 Å². The lowest BCUT2D eigenvalue weighted by atomic mass is 10.1. The van der Waals surface area contributed by atoms with E-state index in [9.17, 15) is 9.18 Å². The van der Waals surface area contributed by atoms with Gasteiger partial charge in [0.25, 0.3) is 5.91 Å². The number of halogens is 1. The van der Waals surface area contributed by atoms with Gasteiger partial charge < -0.3 is 19.3 Å². The van der Waals surface area contributed by atoms with E-state index in [0.29, 0.717) is 55.5 Å². The lowest BCUT2D eigenvalue weighted by molar-refractivity contribution is 0.0746. The number of carbonyl (C=O) groups is 1. The van der Waals surface area contributed by atoms with Crippen LogP contribution in [0.3, 0.4) is 0 Å². The van der Waals surface area contributed by atoms with Crippen molar-refractivity contribution >= 4 is 22.6 Å². The van der Waals surface area contributed by atoms with Gasteiger partial charge in [0.05, 0.1) is 14.2 Å². The zero-order valence-corrected chi connectivity index (χ0v) is 18.2. The third-order valence-electron chi connectivity index (χ3n) is 5.17. The summed E-state index contributed by atoms with van der Waals surface area (Å²) in [4.78, 5) is 21.5. The largest absolute Gasteiger partial charge is 0.497 e. The minimum atomic E-state index is -0.254. The summed E-state index contributed by atoms with van der Waals surface area (Å²) >= 11 is 1.35. The van der Waals surface area contributed by atoms with Gasteiger partial charge in [-0.3, -0.25) is 4.79 Å². The fraction of sp³-hybridized carbons (Fsp3) is 0.318. The van der Waals surface area contributed by atoms with Crippen molar-refractivity contribution in [2.45, 2.75) is 6.42 Å². The Labute approximate surface area is 184 Å². The maximum absolute atomic E-state index is 13.1. The Balaban J connectivity index is 1.37. The summed E-state index contributed by atoms with van der Waals surface area (Å²) in [6.07, 6.45) is 0.562. The number of hydrogen-bond donors (Lipinski definition) is 0. The molecule has 3 aromatic rings. The normalized spacial score (nSPS) is 13.9. The average molecular weight is 443 g/mol. The van der Waals surface area contributed by atoms with E-state index in [4.69, 9.17) is 9.47 Å². The molecule has 31 heavy (non-hydrogen) atoms. The van der Waals surface area contributed by atoms with Crippen LogP contribution in [0.4, 0.5) is 9.52 Å². The van der Waals surface area contributed by atoms with E-state index in [2.05, 4.69) is 14.3 Å². The van der Waals surface area contributed by atoms with Gasteiger partial charge in [-0.25, -0.2) is 9.37 Å². The van der Waals surface area contributed by atoms with E-state index in [1.807, 2.05) is 4.90 Å². The van der Waals surface area contributed by atoms with Crippen LogP contribution in [0.1, 0.15) is 21.7 Å². The van der Waals surface area contributed by atoms with Crippen molar-refractivity contribution < 1.29 is 18.7 Å². The number of piperazine rings is 1. The number of carbonyl (C=O) groups excluding carboxylic acids is 1. The molecule has 4 rings (SSSR count). The number of amides is 1. The van der Waals surface area contributed by atoms with Crippen molar-refractivity contribution in [2.24, 2.45) is 0 Å². The van der Waals surface area contributed by atoms with Crippen molar-refractivity contribution in [3.8, 4) is 11.5 Å². The van der Waals surface area contributed by atoms with Gasteiger partial charge >= 0.3 is 0 Å². The second-order valence-electron chi connectivity index (χ2n) is 7.18. The van der Waals surface area contributed by atoms with E-state index in [1.54, 1.807) is 44.6 Å². The molecular weight excluding hydrogens is 419 g/mol. The predicted octanol–water partition coefficient (Wildman–Crippen LogP) is 3.25. The van der Waals surface area contributed by atoms with Crippen molar-refractivity contribution in [3.05, 3.63) is 65.2 Å². The molecule has 0 aliphatic carbocycles. The molecule has 2 heterocycles. The molecule has 0 N–H and O–H groups in total. The number of methoxy groups -OCH3 is 2. The van der Waals surface area contributed by atoms with Crippen molar-refractivity contribution in [1.29, 1.82) is 0 Å². The molecule has 1 fully saturated rings. The standard InChI is InChI=1S/C22H23FN4O3S/c1-29-18-12-16(13-19(14-18)30-2)21(28)26-7-9-27(10-8-26)22-24-20(25-31-22)11-15-3-5-17(23)6-4-15/h3-6,12-14H,7-11H2,1-2H3. The van der Waals surface area contributed by atoms with Crippen LogP contribution in [0.2, 0.25) is 0 Å². The van der Waals surface area contributed by atoms with Gasteiger partial charge in [-0.05, 0) is 29.8 Å². The average Bonchev–Trinajstić information content (AvgIpc) is 3.28. The lowest BCUT2D eigenvalue weighted by Crippen LogP contribution is -2.48. The first-order valence-electron chi connectivity index (χ1n) is 9.90. The Hall–Kier alpha value is -3.20. The molecule has 1 amide bonds. The summed E-state index contributed by atoms with van der Waals surface area (Å²) in [6, 6.07) is 11.6. The quantitative estimate of drug-likeness (QED) is 0.584. The van der Waals surface area contributed by atoms with Crippen LogP contribution in [0.15, 0.2) is 42.5 Å². The third kappa shape index (κ3) is 4.93. The third-order valence-corrected chi connectivity index (χ3v) is 5.98. The zero-order chi connectivity index (χ0) is 21.8. The van der Waals surface area contributed by atoms with E-state index < -0.39 is 0 Å². The number of anilines is 1. The molecule has 0 spiro atoms. The summed E-state index contributed by atoms with van der Waals surface area (Å²) in [7, 11) is 3.13. The highest BCUT2D eigenvalue weighted by molar-refractivity contribution is 7.09. The fourth-order valence-electron chi connectivity index (χ4n) is 3.44. The number of rotatable bonds is 6.